The van der Waals surface area contributed by atoms with Gasteiger partial charge in [-0.1, -0.05) is 36.4 Å². The van der Waals surface area contributed by atoms with Crippen molar-refractivity contribution in [2.45, 2.75) is 18.5 Å². The van der Waals surface area contributed by atoms with Gasteiger partial charge in [0.25, 0.3) is 5.91 Å². The van der Waals surface area contributed by atoms with Crippen LogP contribution in [0.1, 0.15) is 16.8 Å². The molecule has 2 aromatic rings. The molecule has 2 aliphatic rings. The molecule has 2 amide bonds. The topological polar surface area (TPSA) is 95.6 Å². The van der Waals surface area contributed by atoms with E-state index in [9.17, 15) is 18.0 Å². The Bertz CT molecular complexity index is 1020. The van der Waals surface area contributed by atoms with E-state index in [-0.39, 0.29) is 24.8 Å². The number of rotatable bonds is 3. The minimum Gasteiger partial charge on any atom is -0.325 e. The number of carbonyl (C=O) groups is 2. The van der Waals surface area contributed by atoms with Gasteiger partial charge in [0.1, 0.15) is 6.04 Å². The summed E-state index contributed by atoms with van der Waals surface area (Å²) in [6.07, 6.45) is 1.32. The molecule has 0 saturated carbocycles. The molecule has 7 nitrogen and oxygen atoms in total. The number of anilines is 1. The van der Waals surface area contributed by atoms with Gasteiger partial charge >= 0.3 is 0 Å². The largest absolute Gasteiger partial charge is 0.325 e. The lowest BCUT2D eigenvalue weighted by Gasteiger charge is -2.20. The second kappa shape index (κ2) is 6.47. The Kier molecular flexibility index (Phi) is 4.24. The van der Waals surface area contributed by atoms with Crippen LogP contribution in [0.15, 0.2) is 48.5 Å². The zero-order valence-electron chi connectivity index (χ0n) is 14.7. The van der Waals surface area contributed by atoms with Crippen molar-refractivity contribution >= 4 is 27.5 Å². The van der Waals surface area contributed by atoms with Crippen molar-refractivity contribution in [2.75, 3.05) is 18.1 Å². The fourth-order valence-electron chi connectivity index (χ4n) is 3.71. The molecule has 0 radical (unpaired) electrons. The quantitative estimate of drug-likeness (QED) is 0.836. The number of amides is 2. The van der Waals surface area contributed by atoms with Gasteiger partial charge in [0, 0.05) is 12.6 Å². The number of nitrogens with zero attached hydrogens (tertiary/aromatic N) is 1. The van der Waals surface area contributed by atoms with Crippen LogP contribution < -0.4 is 10.0 Å². The van der Waals surface area contributed by atoms with Gasteiger partial charge in [-0.3, -0.25) is 9.59 Å². The van der Waals surface area contributed by atoms with Crippen LogP contribution in [0.25, 0.3) is 11.1 Å². The van der Waals surface area contributed by atoms with Crippen molar-refractivity contribution in [3.05, 3.63) is 54.1 Å². The summed E-state index contributed by atoms with van der Waals surface area (Å²) in [5.41, 5.74) is 2.73. The first kappa shape index (κ1) is 17.7. The van der Waals surface area contributed by atoms with E-state index in [1.54, 1.807) is 12.1 Å². The normalized spacial score (nSPS) is 22.0. The number of fused-ring (bicyclic) bond motifs is 2. The Hall–Kier alpha value is -2.71. The van der Waals surface area contributed by atoms with Gasteiger partial charge in [-0.25, -0.2) is 13.1 Å². The Morgan fingerprint density at radius 2 is 1.81 bits per heavy atom. The first-order valence-corrected chi connectivity index (χ1v) is 10.5. The third-order valence-corrected chi connectivity index (χ3v) is 5.62. The zero-order valence-corrected chi connectivity index (χ0v) is 15.5. The van der Waals surface area contributed by atoms with Gasteiger partial charge in [-0.05, 0) is 29.7 Å². The third-order valence-electron chi connectivity index (χ3n) is 4.86. The van der Waals surface area contributed by atoms with Crippen molar-refractivity contribution < 1.29 is 18.0 Å². The molecule has 2 N–H and O–H groups in total. The monoisotopic (exact) mass is 385 g/mol. The van der Waals surface area contributed by atoms with Crippen molar-refractivity contribution in [1.29, 1.82) is 0 Å². The first-order valence-electron chi connectivity index (χ1n) is 8.60. The highest BCUT2D eigenvalue weighted by Gasteiger charge is 2.43. The maximum Gasteiger partial charge on any atom is 0.256 e. The van der Waals surface area contributed by atoms with Crippen LogP contribution in [0.2, 0.25) is 0 Å². The van der Waals surface area contributed by atoms with Crippen LogP contribution in [0.4, 0.5) is 5.69 Å². The Morgan fingerprint density at radius 1 is 1.07 bits per heavy atom. The minimum absolute atomic E-state index is 0.166. The molecule has 1 fully saturated rings. The van der Waals surface area contributed by atoms with Crippen LogP contribution >= 0.6 is 0 Å². The van der Waals surface area contributed by atoms with E-state index in [0.717, 1.165) is 17.4 Å². The standard InChI is InChI=1S/C19H19N3O4S/c1-27(25,26)21-14-10-17-18(23)20-16-8-7-13(12-5-3-2-4-6-12)9-15(16)19(24)22(17)11-14/h2-9,14,17,21H,10-11H2,1H3,(H,20,23)/t14-,17-/m1/s1. The molecule has 0 aromatic heterocycles. The molecule has 2 aliphatic heterocycles. The predicted octanol–water partition coefficient (Wildman–Crippen LogP) is 1.44. The number of carbonyl (C=O) groups excluding carboxylic acids is 2. The molecule has 0 aliphatic carbocycles. The maximum absolute atomic E-state index is 13.1. The Labute approximate surface area is 157 Å². The van der Waals surface area contributed by atoms with E-state index < -0.39 is 22.1 Å². The minimum atomic E-state index is -3.42. The van der Waals surface area contributed by atoms with Crippen LogP contribution in [0.3, 0.4) is 0 Å². The van der Waals surface area contributed by atoms with Crippen molar-refractivity contribution in [3.8, 4) is 11.1 Å². The van der Waals surface area contributed by atoms with Crippen LogP contribution in [0.5, 0.6) is 0 Å². The maximum atomic E-state index is 13.1. The first-order chi connectivity index (χ1) is 12.8. The number of benzene rings is 2. The average Bonchev–Trinajstić information content (AvgIpc) is 3.00. The second-order valence-corrected chi connectivity index (χ2v) is 8.69. The summed E-state index contributed by atoms with van der Waals surface area (Å²) < 4.78 is 25.5. The lowest BCUT2D eigenvalue weighted by atomic mass is 10.0. The highest BCUT2D eigenvalue weighted by atomic mass is 32.2. The number of hydrogen-bond donors (Lipinski definition) is 2. The summed E-state index contributed by atoms with van der Waals surface area (Å²) in [4.78, 5) is 27.2. The summed E-state index contributed by atoms with van der Waals surface area (Å²) in [6.45, 7) is 0.166. The lowest BCUT2D eigenvalue weighted by Crippen LogP contribution is -2.41. The van der Waals surface area contributed by atoms with E-state index in [0.29, 0.717) is 11.3 Å². The van der Waals surface area contributed by atoms with E-state index in [1.807, 2.05) is 36.4 Å². The molecule has 140 valence electrons. The Balaban J connectivity index is 1.69. The van der Waals surface area contributed by atoms with E-state index >= 15 is 0 Å². The SMILES string of the molecule is CS(=O)(=O)N[C@@H]1C[C@@H]2C(=O)Nc3ccc(-c4ccccc4)cc3C(=O)N2C1. The van der Waals surface area contributed by atoms with E-state index in [2.05, 4.69) is 10.0 Å². The highest BCUT2D eigenvalue weighted by Crippen LogP contribution is 2.32. The van der Waals surface area contributed by atoms with Crippen LogP contribution in [-0.4, -0.2) is 50.0 Å². The molecular weight excluding hydrogens is 366 g/mol. The number of hydrogen-bond acceptors (Lipinski definition) is 4. The van der Waals surface area contributed by atoms with Crippen molar-refractivity contribution in [3.63, 3.8) is 0 Å². The van der Waals surface area contributed by atoms with Gasteiger partial charge in [-0.15, -0.1) is 0 Å². The van der Waals surface area contributed by atoms with E-state index in [1.165, 1.54) is 4.90 Å². The van der Waals surface area contributed by atoms with Gasteiger partial charge in [0.2, 0.25) is 15.9 Å². The second-order valence-electron chi connectivity index (χ2n) is 6.91. The summed E-state index contributed by atoms with van der Waals surface area (Å²) in [5.74, 6) is -0.573. The predicted molar refractivity (Wildman–Crippen MR) is 102 cm³/mol. The number of sulfonamides is 1. The molecule has 2 aromatic carbocycles. The molecule has 2 atom stereocenters. The molecule has 0 unspecified atom stereocenters. The fourth-order valence-corrected chi connectivity index (χ4v) is 4.48. The smallest absolute Gasteiger partial charge is 0.256 e. The molecule has 0 bridgehead atoms. The van der Waals surface area contributed by atoms with Gasteiger partial charge < -0.3 is 10.2 Å². The average molecular weight is 385 g/mol. The zero-order chi connectivity index (χ0) is 19.2. The summed E-state index contributed by atoms with van der Waals surface area (Å²) >= 11 is 0. The third kappa shape index (κ3) is 3.45. The Morgan fingerprint density at radius 3 is 2.52 bits per heavy atom. The van der Waals surface area contributed by atoms with Crippen molar-refractivity contribution in [2.24, 2.45) is 0 Å². The summed E-state index contributed by atoms with van der Waals surface area (Å²) in [6, 6.07) is 13.9. The molecular formula is C19H19N3O4S. The van der Waals surface area contributed by atoms with Gasteiger partial charge in [0.15, 0.2) is 0 Å². The van der Waals surface area contributed by atoms with E-state index in [4.69, 9.17) is 0 Å². The lowest BCUT2D eigenvalue weighted by molar-refractivity contribution is -0.119. The summed E-state index contributed by atoms with van der Waals surface area (Å²) in [5, 5.41) is 2.81. The van der Waals surface area contributed by atoms with Crippen molar-refractivity contribution in [1.82, 2.24) is 9.62 Å². The van der Waals surface area contributed by atoms with Gasteiger partial charge in [0.05, 0.1) is 17.5 Å². The molecule has 8 heteroatoms. The molecule has 2 heterocycles. The summed E-state index contributed by atoms with van der Waals surface area (Å²) in [7, 11) is -3.42. The van der Waals surface area contributed by atoms with Gasteiger partial charge in [-0.2, -0.15) is 0 Å². The highest BCUT2D eigenvalue weighted by molar-refractivity contribution is 7.88. The molecule has 1 saturated heterocycles. The fraction of sp³-hybridized carbons (Fsp3) is 0.263. The molecule has 27 heavy (non-hydrogen) atoms. The number of nitrogens with one attached hydrogen (secondary N) is 2. The molecule has 4 rings (SSSR count). The van der Waals surface area contributed by atoms with Crippen LogP contribution in [0, 0.1) is 0 Å². The van der Waals surface area contributed by atoms with Crippen LogP contribution in [-0.2, 0) is 14.8 Å². The molecule has 0 spiro atoms.